The van der Waals surface area contributed by atoms with E-state index in [-0.39, 0.29) is 5.54 Å². The van der Waals surface area contributed by atoms with E-state index in [1.165, 1.54) is 0 Å². The molecular formula is C8H18BN. The molecule has 0 saturated heterocycles. The molecule has 10 heavy (non-hydrogen) atoms. The summed E-state index contributed by atoms with van der Waals surface area (Å²) in [5.41, 5.74) is 0.287. The first-order chi connectivity index (χ1) is 4.62. The van der Waals surface area contributed by atoms with Crippen molar-refractivity contribution in [3.8, 4) is 0 Å². The van der Waals surface area contributed by atoms with Crippen molar-refractivity contribution >= 4 is 7.85 Å². The predicted molar refractivity (Wildman–Crippen MR) is 47.6 cm³/mol. The van der Waals surface area contributed by atoms with Crippen molar-refractivity contribution in [3.63, 3.8) is 0 Å². The van der Waals surface area contributed by atoms with Gasteiger partial charge in [0.05, 0.1) is 7.85 Å². The molecule has 0 aromatic rings. The van der Waals surface area contributed by atoms with E-state index in [0.717, 1.165) is 25.7 Å². The minimum absolute atomic E-state index is 0.287. The summed E-state index contributed by atoms with van der Waals surface area (Å²) in [5.74, 6) is 0. The third kappa shape index (κ3) is 4.86. The minimum Gasteiger partial charge on any atom is -0.312 e. The van der Waals surface area contributed by atoms with Crippen molar-refractivity contribution in [2.24, 2.45) is 0 Å². The molecule has 0 aromatic carbocycles. The van der Waals surface area contributed by atoms with Crippen LogP contribution in [0.1, 0.15) is 33.6 Å². The summed E-state index contributed by atoms with van der Waals surface area (Å²) in [6.07, 6.45) is 3.02. The van der Waals surface area contributed by atoms with Crippen molar-refractivity contribution in [2.45, 2.75) is 45.5 Å². The van der Waals surface area contributed by atoms with Gasteiger partial charge in [-0.15, -0.1) is 0 Å². The van der Waals surface area contributed by atoms with Gasteiger partial charge < -0.3 is 5.32 Å². The lowest BCUT2D eigenvalue weighted by Crippen LogP contribution is -2.38. The first kappa shape index (κ1) is 10.0. The van der Waals surface area contributed by atoms with E-state index in [4.69, 9.17) is 7.85 Å². The van der Waals surface area contributed by atoms with Crippen LogP contribution in [0.5, 0.6) is 0 Å². The smallest absolute Gasteiger partial charge is 0.0653 e. The second kappa shape index (κ2) is 4.78. The Balaban J connectivity index is 3.28. The van der Waals surface area contributed by atoms with Crippen molar-refractivity contribution in [2.75, 3.05) is 6.54 Å². The summed E-state index contributed by atoms with van der Waals surface area (Å²) in [6, 6.07) is 0. The Bertz CT molecular complexity index is 81.3. The van der Waals surface area contributed by atoms with Crippen LogP contribution in [0.15, 0.2) is 0 Å². The van der Waals surface area contributed by atoms with Crippen LogP contribution in [0.3, 0.4) is 0 Å². The van der Waals surface area contributed by atoms with Gasteiger partial charge >= 0.3 is 0 Å². The van der Waals surface area contributed by atoms with Crippen LogP contribution in [0, 0.1) is 0 Å². The summed E-state index contributed by atoms with van der Waals surface area (Å²) >= 11 is 0. The van der Waals surface area contributed by atoms with Gasteiger partial charge in [-0.05, 0) is 33.2 Å². The fraction of sp³-hybridized carbons (Fsp3) is 1.00. The van der Waals surface area contributed by atoms with Crippen molar-refractivity contribution in [1.82, 2.24) is 5.32 Å². The van der Waals surface area contributed by atoms with Crippen LogP contribution in [0.4, 0.5) is 0 Å². The van der Waals surface area contributed by atoms with Gasteiger partial charge in [0.15, 0.2) is 0 Å². The predicted octanol–water partition coefficient (Wildman–Crippen LogP) is 1.74. The topological polar surface area (TPSA) is 12.0 Å². The first-order valence-corrected chi connectivity index (χ1v) is 4.07. The van der Waals surface area contributed by atoms with Crippen molar-refractivity contribution in [1.29, 1.82) is 0 Å². The third-order valence-corrected chi connectivity index (χ3v) is 1.87. The molecule has 1 nitrogen and oxygen atoms in total. The highest BCUT2D eigenvalue weighted by molar-refractivity contribution is 6.08. The van der Waals surface area contributed by atoms with E-state index in [1.54, 1.807) is 0 Å². The van der Waals surface area contributed by atoms with Gasteiger partial charge in [0.25, 0.3) is 0 Å². The van der Waals surface area contributed by atoms with E-state index >= 15 is 0 Å². The minimum atomic E-state index is 0.287. The SMILES string of the molecule is [B]CCCNC(C)(C)CC. The summed E-state index contributed by atoms with van der Waals surface area (Å²) in [6.45, 7) is 7.65. The monoisotopic (exact) mass is 139 g/mol. The van der Waals surface area contributed by atoms with Crippen molar-refractivity contribution in [3.05, 3.63) is 0 Å². The van der Waals surface area contributed by atoms with Crippen LogP contribution >= 0.6 is 0 Å². The number of rotatable bonds is 5. The maximum absolute atomic E-state index is 5.36. The van der Waals surface area contributed by atoms with Gasteiger partial charge in [0, 0.05) is 5.54 Å². The second-order valence-electron chi connectivity index (χ2n) is 3.31. The molecule has 0 atom stereocenters. The molecule has 0 unspecified atom stereocenters. The standard InChI is InChI=1S/C8H18BN/c1-4-8(2,3)10-7-5-6-9/h10H,4-7H2,1-3H3. The molecular weight excluding hydrogens is 121 g/mol. The zero-order chi connectivity index (χ0) is 8.04. The van der Waals surface area contributed by atoms with Crippen molar-refractivity contribution < 1.29 is 0 Å². The Kier molecular flexibility index (Phi) is 4.79. The summed E-state index contributed by atoms with van der Waals surface area (Å²) in [4.78, 5) is 0. The molecule has 0 rings (SSSR count). The summed E-state index contributed by atoms with van der Waals surface area (Å²) in [7, 11) is 5.36. The maximum Gasteiger partial charge on any atom is 0.0653 e. The molecule has 0 heterocycles. The van der Waals surface area contributed by atoms with Gasteiger partial charge in [-0.1, -0.05) is 13.2 Å². The van der Waals surface area contributed by atoms with Gasteiger partial charge in [-0.25, -0.2) is 0 Å². The molecule has 2 radical (unpaired) electrons. The average molecular weight is 139 g/mol. The van der Waals surface area contributed by atoms with Crippen LogP contribution in [-0.4, -0.2) is 19.9 Å². The van der Waals surface area contributed by atoms with Crippen LogP contribution < -0.4 is 5.32 Å². The number of hydrogen-bond donors (Lipinski definition) is 1. The van der Waals surface area contributed by atoms with Crippen LogP contribution in [0.2, 0.25) is 6.32 Å². The lowest BCUT2D eigenvalue weighted by molar-refractivity contribution is 0.377. The molecule has 0 saturated carbocycles. The zero-order valence-corrected chi connectivity index (χ0v) is 7.41. The fourth-order valence-corrected chi connectivity index (χ4v) is 0.654. The van der Waals surface area contributed by atoms with Gasteiger partial charge in [-0.3, -0.25) is 0 Å². The average Bonchev–Trinajstić information content (AvgIpc) is 1.89. The fourth-order valence-electron chi connectivity index (χ4n) is 0.654. The Morgan fingerprint density at radius 3 is 2.40 bits per heavy atom. The van der Waals surface area contributed by atoms with E-state index in [9.17, 15) is 0 Å². The van der Waals surface area contributed by atoms with Gasteiger partial charge in [0.2, 0.25) is 0 Å². The van der Waals surface area contributed by atoms with Gasteiger partial charge in [0.1, 0.15) is 0 Å². The molecule has 0 aliphatic rings. The number of nitrogens with one attached hydrogen (secondary N) is 1. The highest BCUT2D eigenvalue weighted by Gasteiger charge is 2.11. The Hall–Kier alpha value is 0.0249. The Labute approximate surface area is 66.0 Å². The third-order valence-electron chi connectivity index (χ3n) is 1.87. The molecule has 0 aromatic heterocycles. The lowest BCUT2D eigenvalue weighted by atomic mass is 9.99. The molecule has 0 fully saturated rings. The zero-order valence-electron chi connectivity index (χ0n) is 7.41. The molecule has 0 aliphatic carbocycles. The molecule has 0 spiro atoms. The normalized spacial score (nSPS) is 11.9. The molecule has 1 N–H and O–H groups in total. The van der Waals surface area contributed by atoms with E-state index in [2.05, 4.69) is 26.1 Å². The lowest BCUT2D eigenvalue weighted by Gasteiger charge is -2.24. The molecule has 0 aliphatic heterocycles. The van der Waals surface area contributed by atoms with E-state index in [0.29, 0.717) is 0 Å². The van der Waals surface area contributed by atoms with Crippen LogP contribution in [-0.2, 0) is 0 Å². The van der Waals surface area contributed by atoms with Crippen LogP contribution in [0.25, 0.3) is 0 Å². The van der Waals surface area contributed by atoms with E-state index in [1.807, 2.05) is 0 Å². The molecule has 0 amide bonds. The maximum atomic E-state index is 5.36. The molecule has 0 bridgehead atoms. The summed E-state index contributed by atoms with van der Waals surface area (Å²) in [5, 5.41) is 3.43. The number of hydrogen-bond acceptors (Lipinski definition) is 1. The highest BCUT2D eigenvalue weighted by Crippen LogP contribution is 2.06. The highest BCUT2D eigenvalue weighted by atomic mass is 14.9. The van der Waals surface area contributed by atoms with Gasteiger partial charge in [-0.2, -0.15) is 0 Å². The van der Waals surface area contributed by atoms with E-state index < -0.39 is 0 Å². The summed E-state index contributed by atoms with van der Waals surface area (Å²) < 4.78 is 0. The second-order valence-corrected chi connectivity index (χ2v) is 3.31. The molecule has 2 heteroatoms. The Morgan fingerprint density at radius 1 is 1.40 bits per heavy atom. The molecule has 58 valence electrons. The first-order valence-electron chi connectivity index (χ1n) is 4.07. The quantitative estimate of drug-likeness (QED) is 0.451. The largest absolute Gasteiger partial charge is 0.312 e. The Morgan fingerprint density at radius 2 is 2.00 bits per heavy atom.